The second kappa shape index (κ2) is 7.16. The van der Waals surface area contributed by atoms with Crippen LogP contribution in [-0.2, 0) is 16.0 Å². The summed E-state index contributed by atoms with van der Waals surface area (Å²) >= 11 is 3.37. The third kappa shape index (κ3) is 5.82. The minimum absolute atomic E-state index is 0.0530. The van der Waals surface area contributed by atoms with E-state index in [1.165, 1.54) is 0 Å². The van der Waals surface area contributed by atoms with E-state index in [9.17, 15) is 9.59 Å². The molecule has 98 valence electrons. The van der Waals surface area contributed by atoms with Crippen LogP contribution in [0.4, 0.5) is 0 Å². The standard InChI is InChI=1S/C13H16BrNO3/c1-9(7-13(17)18)15-12(16)6-5-10-3-2-4-11(14)8-10/h2-4,8-9H,5-7H2,1H3,(H,15,16)(H,17,18). The average Bonchev–Trinajstić information content (AvgIpc) is 2.25. The SMILES string of the molecule is CC(CC(=O)O)NC(=O)CCc1cccc(Br)c1. The van der Waals surface area contributed by atoms with Gasteiger partial charge in [0.1, 0.15) is 0 Å². The fraction of sp³-hybridized carbons (Fsp3) is 0.385. The number of hydrogen-bond acceptors (Lipinski definition) is 2. The quantitative estimate of drug-likeness (QED) is 0.847. The van der Waals surface area contributed by atoms with Gasteiger partial charge in [0.2, 0.25) is 5.91 Å². The summed E-state index contributed by atoms with van der Waals surface area (Å²) in [7, 11) is 0. The molecule has 0 radical (unpaired) electrons. The first-order valence-electron chi connectivity index (χ1n) is 5.73. The molecule has 18 heavy (non-hydrogen) atoms. The van der Waals surface area contributed by atoms with Crippen LogP contribution in [0.2, 0.25) is 0 Å². The van der Waals surface area contributed by atoms with E-state index in [4.69, 9.17) is 5.11 Å². The van der Waals surface area contributed by atoms with E-state index in [0.29, 0.717) is 12.8 Å². The second-order valence-corrected chi connectivity index (χ2v) is 5.11. The monoisotopic (exact) mass is 313 g/mol. The molecule has 1 aromatic carbocycles. The number of carbonyl (C=O) groups is 2. The first kappa shape index (κ1) is 14.7. The molecule has 1 atom stereocenters. The lowest BCUT2D eigenvalue weighted by molar-refractivity contribution is -0.137. The summed E-state index contributed by atoms with van der Waals surface area (Å²) in [5.74, 6) is -1.03. The number of carboxylic acid groups (broad SMARTS) is 1. The molecule has 5 heteroatoms. The topological polar surface area (TPSA) is 66.4 Å². The number of rotatable bonds is 6. The number of nitrogens with one attached hydrogen (secondary N) is 1. The predicted molar refractivity (Wildman–Crippen MR) is 72.3 cm³/mol. The Labute approximate surface area is 115 Å². The average molecular weight is 314 g/mol. The lowest BCUT2D eigenvalue weighted by atomic mass is 10.1. The summed E-state index contributed by atoms with van der Waals surface area (Å²) in [5.41, 5.74) is 1.07. The van der Waals surface area contributed by atoms with Gasteiger partial charge in [0, 0.05) is 16.9 Å². The van der Waals surface area contributed by atoms with Gasteiger partial charge in [0.25, 0.3) is 0 Å². The molecule has 0 saturated heterocycles. The summed E-state index contributed by atoms with van der Waals surface area (Å²) in [6.07, 6.45) is 0.952. The first-order valence-corrected chi connectivity index (χ1v) is 6.52. The smallest absolute Gasteiger partial charge is 0.305 e. The maximum atomic E-state index is 11.6. The molecule has 4 nitrogen and oxygen atoms in total. The van der Waals surface area contributed by atoms with Crippen LogP contribution < -0.4 is 5.32 Å². The van der Waals surface area contributed by atoms with Crippen LogP contribution in [0.1, 0.15) is 25.3 Å². The van der Waals surface area contributed by atoms with Crippen molar-refractivity contribution in [2.24, 2.45) is 0 Å². The van der Waals surface area contributed by atoms with Crippen molar-refractivity contribution in [2.75, 3.05) is 0 Å². The molecular weight excluding hydrogens is 298 g/mol. The number of aryl methyl sites for hydroxylation is 1. The summed E-state index contributed by atoms with van der Waals surface area (Å²) in [4.78, 5) is 22.0. The minimum atomic E-state index is -0.908. The van der Waals surface area contributed by atoms with Crippen LogP contribution in [0, 0.1) is 0 Å². The van der Waals surface area contributed by atoms with Crippen molar-refractivity contribution in [2.45, 2.75) is 32.2 Å². The van der Waals surface area contributed by atoms with Crippen LogP contribution in [0.15, 0.2) is 28.7 Å². The number of aliphatic carboxylic acids is 1. The van der Waals surface area contributed by atoms with Crippen LogP contribution in [0.3, 0.4) is 0 Å². The van der Waals surface area contributed by atoms with Crippen molar-refractivity contribution in [3.63, 3.8) is 0 Å². The first-order chi connectivity index (χ1) is 8.47. The molecule has 0 spiro atoms. The lowest BCUT2D eigenvalue weighted by Gasteiger charge is -2.11. The van der Waals surface area contributed by atoms with E-state index in [0.717, 1.165) is 10.0 Å². The van der Waals surface area contributed by atoms with Gasteiger partial charge in [-0.2, -0.15) is 0 Å². The minimum Gasteiger partial charge on any atom is -0.481 e. The molecule has 1 aromatic rings. The summed E-state index contributed by atoms with van der Waals surface area (Å²) in [6.45, 7) is 1.69. The van der Waals surface area contributed by atoms with Gasteiger partial charge in [-0.25, -0.2) is 0 Å². The summed E-state index contributed by atoms with van der Waals surface area (Å²) in [5, 5.41) is 11.2. The van der Waals surface area contributed by atoms with Crippen molar-refractivity contribution >= 4 is 27.8 Å². The van der Waals surface area contributed by atoms with Crippen molar-refractivity contribution < 1.29 is 14.7 Å². The van der Waals surface area contributed by atoms with Gasteiger partial charge >= 0.3 is 5.97 Å². The van der Waals surface area contributed by atoms with Crippen LogP contribution >= 0.6 is 15.9 Å². The molecule has 0 fully saturated rings. The molecule has 2 N–H and O–H groups in total. The third-order valence-electron chi connectivity index (χ3n) is 2.42. The fourth-order valence-corrected chi connectivity index (χ4v) is 2.06. The Morgan fingerprint density at radius 1 is 1.44 bits per heavy atom. The largest absolute Gasteiger partial charge is 0.481 e. The molecule has 0 heterocycles. The third-order valence-corrected chi connectivity index (χ3v) is 2.91. The molecule has 1 amide bonds. The number of carbonyl (C=O) groups excluding carboxylic acids is 1. The van der Waals surface area contributed by atoms with Gasteiger partial charge in [0.05, 0.1) is 6.42 Å². The Morgan fingerprint density at radius 3 is 2.78 bits per heavy atom. The normalized spacial score (nSPS) is 11.9. The van der Waals surface area contributed by atoms with E-state index in [1.54, 1.807) is 6.92 Å². The van der Waals surface area contributed by atoms with Gasteiger partial charge in [-0.1, -0.05) is 28.1 Å². The fourth-order valence-electron chi connectivity index (χ4n) is 1.61. The van der Waals surface area contributed by atoms with Crippen molar-refractivity contribution in [1.82, 2.24) is 5.32 Å². The maximum absolute atomic E-state index is 11.6. The Hall–Kier alpha value is -1.36. The zero-order chi connectivity index (χ0) is 13.5. The van der Waals surface area contributed by atoms with Crippen LogP contribution in [0.5, 0.6) is 0 Å². The maximum Gasteiger partial charge on any atom is 0.305 e. The zero-order valence-corrected chi connectivity index (χ0v) is 11.7. The molecule has 0 aliphatic carbocycles. The van der Waals surface area contributed by atoms with E-state index in [2.05, 4.69) is 21.2 Å². The summed E-state index contributed by atoms with van der Waals surface area (Å²) < 4.78 is 0.986. The molecule has 1 rings (SSSR count). The zero-order valence-electron chi connectivity index (χ0n) is 10.1. The van der Waals surface area contributed by atoms with Crippen molar-refractivity contribution in [1.29, 1.82) is 0 Å². The van der Waals surface area contributed by atoms with Gasteiger partial charge in [-0.05, 0) is 31.0 Å². The molecule has 0 aliphatic heterocycles. The molecule has 0 aromatic heterocycles. The Kier molecular flexibility index (Phi) is 5.85. The van der Waals surface area contributed by atoms with E-state index in [-0.39, 0.29) is 18.4 Å². The Morgan fingerprint density at radius 2 is 2.17 bits per heavy atom. The van der Waals surface area contributed by atoms with Crippen molar-refractivity contribution in [3.8, 4) is 0 Å². The van der Waals surface area contributed by atoms with Gasteiger partial charge in [-0.3, -0.25) is 9.59 Å². The number of amides is 1. The van der Waals surface area contributed by atoms with E-state index in [1.807, 2.05) is 24.3 Å². The second-order valence-electron chi connectivity index (χ2n) is 4.20. The van der Waals surface area contributed by atoms with Crippen molar-refractivity contribution in [3.05, 3.63) is 34.3 Å². The number of hydrogen-bond donors (Lipinski definition) is 2. The van der Waals surface area contributed by atoms with Crippen LogP contribution in [0.25, 0.3) is 0 Å². The van der Waals surface area contributed by atoms with Gasteiger partial charge < -0.3 is 10.4 Å². The highest BCUT2D eigenvalue weighted by molar-refractivity contribution is 9.10. The number of benzene rings is 1. The Bertz CT molecular complexity index is 434. The summed E-state index contributed by atoms with van der Waals surface area (Å²) in [6, 6.07) is 7.44. The molecule has 0 bridgehead atoms. The number of carboxylic acids is 1. The molecular formula is C13H16BrNO3. The molecule has 1 unspecified atom stereocenters. The lowest BCUT2D eigenvalue weighted by Crippen LogP contribution is -2.34. The highest BCUT2D eigenvalue weighted by Crippen LogP contribution is 2.12. The highest BCUT2D eigenvalue weighted by Gasteiger charge is 2.10. The predicted octanol–water partition coefficient (Wildman–Crippen LogP) is 2.36. The molecule has 0 aliphatic rings. The van der Waals surface area contributed by atoms with Gasteiger partial charge in [-0.15, -0.1) is 0 Å². The number of halogens is 1. The molecule has 0 saturated carbocycles. The van der Waals surface area contributed by atoms with Crippen LogP contribution in [-0.4, -0.2) is 23.0 Å². The highest BCUT2D eigenvalue weighted by atomic mass is 79.9. The Balaban J connectivity index is 2.35. The van der Waals surface area contributed by atoms with E-state index < -0.39 is 5.97 Å². The van der Waals surface area contributed by atoms with Gasteiger partial charge in [0.15, 0.2) is 0 Å². The van der Waals surface area contributed by atoms with E-state index >= 15 is 0 Å².